The number of alkyl halides is 3. The molecule has 2 aromatic heterocycles. The number of benzene rings is 2. The van der Waals surface area contributed by atoms with Crippen LogP contribution >= 0.6 is 11.8 Å². The van der Waals surface area contributed by atoms with Gasteiger partial charge in [0.2, 0.25) is 0 Å². The van der Waals surface area contributed by atoms with E-state index in [-0.39, 0.29) is 20.8 Å². The zero-order valence-corrected chi connectivity index (χ0v) is 18.5. The van der Waals surface area contributed by atoms with Crippen LogP contribution in [0.3, 0.4) is 0 Å². The Kier molecular flexibility index (Phi) is 4.74. The van der Waals surface area contributed by atoms with Crippen LogP contribution in [0.2, 0.25) is 0 Å². The van der Waals surface area contributed by atoms with Gasteiger partial charge in [-0.2, -0.15) is 13.2 Å². The van der Waals surface area contributed by atoms with Crippen molar-refractivity contribution in [3.63, 3.8) is 0 Å². The molecule has 5 nitrogen and oxygen atoms in total. The molecular formula is C24H15F4NO4S. The molecule has 0 unspecified atom stereocenters. The summed E-state index contributed by atoms with van der Waals surface area (Å²) in [4.78, 5) is 26.0. The summed E-state index contributed by atoms with van der Waals surface area (Å²) in [6, 6.07) is 9.47. The Hall–Kier alpha value is -3.53. The maximum absolute atomic E-state index is 13.9. The summed E-state index contributed by atoms with van der Waals surface area (Å²) in [5, 5.41) is 10.6. The molecule has 0 aliphatic carbocycles. The molecule has 3 heterocycles. The maximum atomic E-state index is 13.9. The molecule has 4 aromatic rings. The predicted molar refractivity (Wildman–Crippen MR) is 117 cm³/mol. The average molecular weight is 489 g/mol. The molecule has 0 amide bonds. The van der Waals surface area contributed by atoms with Crippen LogP contribution in [0, 0.1) is 5.82 Å². The van der Waals surface area contributed by atoms with Crippen molar-refractivity contribution in [2.75, 3.05) is 0 Å². The highest BCUT2D eigenvalue weighted by Crippen LogP contribution is 2.44. The van der Waals surface area contributed by atoms with E-state index in [1.807, 2.05) is 0 Å². The molecule has 0 fully saturated rings. The lowest BCUT2D eigenvalue weighted by atomic mass is 9.83. The Morgan fingerprint density at radius 1 is 1.03 bits per heavy atom. The number of hydrogen-bond donors (Lipinski definition) is 1. The second kappa shape index (κ2) is 7.23. The third-order valence-electron chi connectivity index (χ3n) is 5.93. The Labute approximate surface area is 193 Å². The number of nitrogens with zero attached hydrogens (tertiary/aromatic N) is 1. The minimum atomic E-state index is -4.52. The normalized spacial score (nSPS) is 14.3. The highest BCUT2D eigenvalue weighted by atomic mass is 32.2. The zero-order chi connectivity index (χ0) is 24.6. The lowest BCUT2D eigenvalue weighted by Crippen LogP contribution is -2.24. The minimum Gasteiger partial charge on any atom is -0.505 e. The largest absolute Gasteiger partial charge is 0.505 e. The smallest absolute Gasteiger partial charge is 0.416 e. The van der Waals surface area contributed by atoms with Crippen molar-refractivity contribution in [3.05, 3.63) is 91.9 Å². The Morgan fingerprint density at radius 3 is 2.35 bits per heavy atom. The van der Waals surface area contributed by atoms with Crippen molar-refractivity contribution < 1.29 is 27.1 Å². The standard InChI is InChI=1S/C24H15F4NO4S/c1-23(2)14-9-12(25)5-8-15(14)29-17(23)10-16-18(21(29)31)19(30)20(22(32)33-16)34-13-6-3-11(4-7-13)24(26,27)28/h3-10,30H,1-2H3. The van der Waals surface area contributed by atoms with E-state index in [1.54, 1.807) is 13.8 Å². The number of rotatable bonds is 2. The van der Waals surface area contributed by atoms with Gasteiger partial charge in [0.05, 0.1) is 11.3 Å². The van der Waals surface area contributed by atoms with Crippen LogP contribution in [0.15, 0.2) is 72.3 Å². The maximum Gasteiger partial charge on any atom is 0.416 e. The molecule has 1 N–H and O–H groups in total. The van der Waals surface area contributed by atoms with E-state index < -0.39 is 39.9 Å². The van der Waals surface area contributed by atoms with Crippen molar-refractivity contribution in [1.82, 2.24) is 4.57 Å². The van der Waals surface area contributed by atoms with Crippen LogP contribution in [0.25, 0.3) is 16.7 Å². The molecule has 1 aliphatic rings. The van der Waals surface area contributed by atoms with Gasteiger partial charge < -0.3 is 9.52 Å². The van der Waals surface area contributed by atoms with Gasteiger partial charge in [-0.15, -0.1) is 0 Å². The predicted octanol–water partition coefficient (Wildman–Crippen LogP) is 5.60. The Morgan fingerprint density at radius 2 is 1.71 bits per heavy atom. The van der Waals surface area contributed by atoms with Gasteiger partial charge in [-0.1, -0.05) is 25.6 Å². The fraction of sp³-hybridized carbons (Fsp3) is 0.167. The molecule has 0 radical (unpaired) electrons. The summed E-state index contributed by atoms with van der Waals surface area (Å²) >= 11 is 0.683. The lowest BCUT2D eigenvalue weighted by molar-refractivity contribution is -0.137. The van der Waals surface area contributed by atoms with Gasteiger partial charge in [-0.3, -0.25) is 9.36 Å². The highest BCUT2D eigenvalue weighted by molar-refractivity contribution is 7.99. The molecule has 174 valence electrons. The third-order valence-corrected chi connectivity index (χ3v) is 7.00. The van der Waals surface area contributed by atoms with Crippen LogP contribution in [0.5, 0.6) is 5.75 Å². The first kappa shape index (κ1) is 22.3. The fourth-order valence-corrected chi connectivity index (χ4v) is 5.03. The number of halogens is 4. The van der Waals surface area contributed by atoms with E-state index >= 15 is 0 Å². The first-order valence-electron chi connectivity index (χ1n) is 10.0. The van der Waals surface area contributed by atoms with E-state index in [4.69, 9.17) is 4.42 Å². The molecule has 0 saturated carbocycles. The number of hydrogen-bond acceptors (Lipinski definition) is 5. The van der Waals surface area contributed by atoms with Gasteiger partial charge >= 0.3 is 11.8 Å². The van der Waals surface area contributed by atoms with Crippen LogP contribution in [0.4, 0.5) is 17.6 Å². The first-order chi connectivity index (χ1) is 15.9. The van der Waals surface area contributed by atoms with Gasteiger partial charge in [0.25, 0.3) is 5.56 Å². The molecule has 5 rings (SSSR count). The molecule has 0 saturated heterocycles. The molecule has 2 aromatic carbocycles. The first-order valence-corrected chi connectivity index (χ1v) is 10.8. The van der Waals surface area contributed by atoms with Gasteiger partial charge in [0, 0.05) is 22.1 Å². The molecule has 1 aliphatic heterocycles. The van der Waals surface area contributed by atoms with Gasteiger partial charge in [0.1, 0.15) is 21.7 Å². The van der Waals surface area contributed by atoms with Crippen molar-refractivity contribution in [1.29, 1.82) is 0 Å². The number of fused-ring (bicyclic) bond motifs is 4. The van der Waals surface area contributed by atoms with Crippen LogP contribution in [-0.4, -0.2) is 9.67 Å². The summed E-state index contributed by atoms with van der Waals surface area (Å²) < 4.78 is 59.0. The molecule has 0 bridgehead atoms. The van der Waals surface area contributed by atoms with E-state index in [2.05, 4.69) is 0 Å². The van der Waals surface area contributed by atoms with Gasteiger partial charge in [-0.25, -0.2) is 9.18 Å². The van der Waals surface area contributed by atoms with Crippen molar-refractivity contribution in [2.24, 2.45) is 0 Å². The SMILES string of the molecule is CC1(C)c2cc(F)ccc2-n2c1cc1oc(=O)c(Sc3ccc(C(F)(F)F)cc3)c(O)c1c2=O. The average Bonchev–Trinajstić information content (AvgIpc) is 2.97. The highest BCUT2D eigenvalue weighted by Gasteiger charge is 2.38. The van der Waals surface area contributed by atoms with E-state index in [9.17, 15) is 32.3 Å². The third kappa shape index (κ3) is 3.24. The zero-order valence-electron chi connectivity index (χ0n) is 17.7. The van der Waals surface area contributed by atoms with Crippen LogP contribution < -0.4 is 11.2 Å². The van der Waals surface area contributed by atoms with Gasteiger partial charge in [0.15, 0.2) is 5.75 Å². The summed E-state index contributed by atoms with van der Waals surface area (Å²) in [7, 11) is 0. The summed E-state index contributed by atoms with van der Waals surface area (Å²) in [6.45, 7) is 3.59. The minimum absolute atomic E-state index is 0.142. The molecule has 10 heteroatoms. The van der Waals surface area contributed by atoms with Crippen molar-refractivity contribution in [2.45, 2.75) is 35.2 Å². The monoisotopic (exact) mass is 489 g/mol. The summed E-state index contributed by atoms with van der Waals surface area (Å²) in [5.74, 6) is -1.10. The second-order valence-corrected chi connectivity index (χ2v) is 9.47. The van der Waals surface area contributed by atoms with E-state index in [1.165, 1.54) is 28.8 Å². The van der Waals surface area contributed by atoms with E-state index in [0.717, 1.165) is 24.3 Å². The number of aromatic hydroxyl groups is 1. The second-order valence-electron chi connectivity index (χ2n) is 8.39. The Bertz CT molecular complexity index is 1600. The summed E-state index contributed by atoms with van der Waals surface area (Å²) in [5.41, 5.74) is -1.95. The number of pyridine rings is 1. The van der Waals surface area contributed by atoms with Crippen LogP contribution in [-0.2, 0) is 11.6 Å². The van der Waals surface area contributed by atoms with Crippen molar-refractivity contribution in [3.8, 4) is 11.4 Å². The molecule has 0 atom stereocenters. The lowest BCUT2D eigenvalue weighted by Gasteiger charge is -2.20. The quantitative estimate of drug-likeness (QED) is 0.371. The Balaban J connectivity index is 1.69. The summed E-state index contributed by atoms with van der Waals surface area (Å²) in [6.07, 6.45) is -4.52. The fourth-order valence-electron chi connectivity index (χ4n) is 4.20. The van der Waals surface area contributed by atoms with E-state index in [0.29, 0.717) is 28.7 Å². The molecule has 0 spiro atoms. The van der Waals surface area contributed by atoms with Gasteiger partial charge in [-0.05, 0) is 48.0 Å². The molecule has 34 heavy (non-hydrogen) atoms. The topological polar surface area (TPSA) is 72.4 Å². The van der Waals surface area contributed by atoms with Crippen molar-refractivity contribution >= 4 is 22.7 Å². The molecular weight excluding hydrogens is 474 g/mol. The number of aromatic nitrogens is 1. The van der Waals surface area contributed by atoms with Crippen LogP contribution in [0.1, 0.15) is 30.7 Å².